The number of rotatable bonds is 6. The average Bonchev–Trinajstić information content (AvgIpc) is 2.19. The van der Waals surface area contributed by atoms with E-state index in [4.69, 9.17) is 4.74 Å². The third kappa shape index (κ3) is 4.63. The number of aryl methyl sites for hydroxylation is 1. The third-order valence-electron chi connectivity index (χ3n) is 1.85. The lowest BCUT2D eigenvalue weighted by atomic mass is 10.1. The molecule has 0 fully saturated rings. The van der Waals surface area contributed by atoms with Gasteiger partial charge >= 0.3 is 0 Å². The maximum absolute atomic E-state index is 5.39. The van der Waals surface area contributed by atoms with Gasteiger partial charge in [-0.1, -0.05) is 6.92 Å². The highest BCUT2D eigenvalue weighted by molar-refractivity contribution is 5.09. The van der Waals surface area contributed by atoms with E-state index in [1.165, 1.54) is 5.56 Å². The molecule has 0 bridgehead atoms. The molecule has 0 unspecified atom stereocenters. The molecule has 1 heterocycles. The van der Waals surface area contributed by atoms with Crippen LogP contribution in [-0.2, 0) is 11.2 Å². The predicted molar refractivity (Wildman–Crippen MR) is 53.7 cm³/mol. The molecule has 0 radical (unpaired) electrons. The zero-order valence-corrected chi connectivity index (χ0v) is 8.20. The van der Waals surface area contributed by atoms with Crippen molar-refractivity contribution in [3.8, 4) is 0 Å². The molecule has 1 rings (SSSR count). The SMILES string of the molecule is CCCOCCCc1ccncc1. The fourth-order valence-corrected chi connectivity index (χ4v) is 1.17. The van der Waals surface area contributed by atoms with Gasteiger partial charge in [-0.3, -0.25) is 4.98 Å². The van der Waals surface area contributed by atoms with Gasteiger partial charge in [-0.15, -0.1) is 0 Å². The summed E-state index contributed by atoms with van der Waals surface area (Å²) in [6, 6.07) is 4.11. The number of ether oxygens (including phenoxy) is 1. The number of hydrogen-bond donors (Lipinski definition) is 0. The van der Waals surface area contributed by atoms with Crippen LogP contribution in [0.2, 0.25) is 0 Å². The van der Waals surface area contributed by atoms with E-state index in [-0.39, 0.29) is 0 Å². The van der Waals surface area contributed by atoms with Crippen LogP contribution in [-0.4, -0.2) is 18.2 Å². The second-order valence-corrected chi connectivity index (χ2v) is 3.07. The summed E-state index contributed by atoms with van der Waals surface area (Å²) in [5.41, 5.74) is 1.34. The molecular weight excluding hydrogens is 162 g/mol. The van der Waals surface area contributed by atoms with E-state index in [0.29, 0.717) is 0 Å². The van der Waals surface area contributed by atoms with E-state index >= 15 is 0 Å². The predicted octanol–water partition coefficient (Wildman–Crippen LogP) is 2.44. The van der Waals surface area contributed by atoms with Crippen molar-refractivity contribution < 1.29 is 4.74 Å². The molecule has 1 aromatic heterocycles. The Bertz CT molecular complexity index is 211. The monoisotopic (exact) mass is 179 g/mol. The molecule has 0 saturated heterocycles. The summed E-state index contributed by atoms with van der Waals surface area (Å²) >= 11 is 0. The Balaban J connectivity index is 2.07. The van der Waals surface area contributed by atoms with E-state index in [1.54, 1.807) is 0 Å². The molecule has 2 nitrogen and oxygen atoms in total. The maximum atomic E-state index is 5.39. The molecule has 0 aromatic carbocycles. The van der Waals surface area contributed by atoms with Crippen LogP contribution in [0, 0.1) is 0 Å². The van der Waals surface area contributed by atoms with Gasteiger partial charge in [0.1, 0.15) is 0 Å². The van der Waals surface area contributed by atoms with Gasteiger partial charge in [-0.2, -0.15) is 0 Å². The van der Waals surface area contributed by atoms with Crippen molar-refractivity contribution in [1.29, 1.82) is 0 Å². The van der Waals surface area contributed by atoms with Crippen LogP contribution in [0.1, 0.15) is 25.3 Å². The molecule has 0 aliphatic carbocycles. The summed E-state index contributed by atoms with van der Waals surface area (Å²) in [6.45, 7) is 3.88. The Morgan fingerprint density at radius 3 is 2.69 bits per heavy atom. The first-order valence-electron chi connectivity index (χ1n) is 4.90. The normalized spacial score (nSPS) is 10.2. The molecule has 1 aromatic rings. The minimum Gasteiger partial charge on any atom is -0.381 e. The summed E-state index contributed by atoms with van der Waals surface area (Å²) < 4.78 is 5.39. The van der Waals surface area contributed by atoms with Crippen molar-refractivity contribution in [2.24, 2.45) is 0 Å². The Kier molecular flexibility index (Phi) is 5.18. The van der Waals surface area contributed by atoms with E-state index in [9.17, 15) is 0 Å². The number of hydrogen-bond acceptors (Lipinski definition) is 2. The fourth-order valence-electron chi connectivity index (χ4n) is 1.17. The first kappa shape index (κ1) is 10.2. The van der Waals surface area contributed by atoms with E-state index in [0.717, 1.165) is 32.5 Å². The lowest BCUT2D eigenvalue weighted by molar-refractivity contribution is 0.132. The first-order chi connectivity index (χ1) is 6.43. The molecular formula is C11H17NO. The maximum Gasteiger partial charge on any atom is 0.0469 e. The molecule has 0 amide bonds. The summed E-state index contributed by atoms with van der Waals surface area (Å²) in [6.07, 6.45) is 6.97. The Hall–Kier alpha value is -0.890. The van der Waals surface area contributed by atoms with Gasteiger partial charge in [-0.25, -0.2) is 0 Å². The fraction of sp³-hybridized carbons (Fsp3) is 0.545. The molecule has 0 aliphatic rings. The average molecular weight is 179 g/mol. The van der Waals surface area contributed by atoms with Gasteiger partial charge in [0.05, 0.1) is 0 Å². The highest BCUT2D eigenvalue weighted by Gasteiger charge is 1.91. The van der Waals surface area contributed by atoms with E-state index in [1.807, 2.05) is 12.4 Å². The Morgan fingerprint density at radius 2 is 2.00 bits per heavy atom. The topological polar surface area (TPSA) is 22.1 Å². The van der Waals surface area contributed by atoms with Crippen molar-refractivity contribution in [2.45, 2.75) is 26.2 Å². The highest BCUT2D eigenvalue weighted by atomic mass is 16.5. The largest absolute Gasteiger partial charge is 0.381 e. The smallest absolute Gasteiger partial charge is 0.0469 e. The van der Waals surface area contributed by atoms with Gasteiger partial charge in [-0.05, 0) is 37.0 Å². The third-order valence-corrected chi connectivity index (χ3v) is 1.85. The van der Waals surface area contributed by atoms with Crippen LogP contribution in [0.25, 0.3) is 0 Å². The van der Waals surface area contributed by atoms with E-state index < -0.39 is 0 Å². The van der Waals surface area contributed by atoms with Gasteiger partial charge in [0.2, 0.25) is 0 Å². The lowest BCUT2D eigenvalue weighted by Crippen LogP contribution is -1.97. The standard InChI is InChI=1S/C11H17NO/c1-2-9-13-10-3-4-11-5-7-12-8-6-11/h5-8H,2-4,9-10H2,1H3. The molecule has 0 N–H and O–H groups in total. The number of nitrogens with zero attached hydrogens (tertiary/aromatic N) is 1. The molecule has 72 valence electrons. The quantitative estimate of drug-likeness (QED) is 0.626. The Morgan fingerprint density at radius 1 is 1.23 bits per heavy atom. The number of aromatic nitrogens is 1. The van der Waals surface area contributed by atoms with Gasteiger partial charge in [0.25, 0.3) is 0 Å². The van der Waals surface area contributed by atoms with Crippen LogP contribution >= 0.6 is 0 Å². The molecule has 0 spiro atoms. The van der Waals surface area contributed by atoms with Crippen molar-refractivity contribution in [2.75, 3.05) is 13.2 Å². The van der Waals surface area contributed by atoms with Crippen LogP contribution in [0.3, 0.4) is 0 Å². The zero-order valence-electron chi connectivity index (χ0n) is 8.20. The lowest BCUT2D eigenvalue weighted by Gasteiger charge is -2.02. The summed E-state index contributed by atoms with van der Waals surface area (Å²) in [7, 11) is 0. The molecule has 0 atom stereocenters. The van der Waals surface area contributed by atoms with Crippen LogP contribution in [0.5, 0.6) is 0 Å². The van der Waals surface area contributed by atoms with Gasteiger partial charge < -0.3 is 4.74 Å². The summed E-state index contributed by atoms with van der Waals surface area (Å²) in [5.74, 6) is 0. The van der Waals surface area contributed by atoms with Crippen molar-refractivity contribution in [3.05, 3.63) is 30.1 Å². The van der Waals surface area contributed by atoms with Crippen LogP contribution in [0.15, 0.2) is 24.5 Å². The molecule has 2 heteroatoms. The Labute approximate surface area is 80.0 Å². The van der Waals surface area contributed by atoms with Crippen molar-refractivity contribution in [3.63, 3.8) is 0 Å². The number of pyridine rings is 1. The van der Waals surface area contributed by atoms with Crippen LogP contribution < -0.4 is 0 Å². The van der Waals surface area contributed by atoms with Crippen LogP contribution in [0.4, 0.5) is 0 Å². The molecule has 0 aliphatic heterocycles. The first-order valence-corrected chi connectivity index (χ1v) is 4.90. The zero-order chi connectivity index (χ0) is 9.36. The van der Waals surface area contributed by atoms with Crippen molar-refractivity contribution >= 4 is 0 Å². The molecule has 13 heavy (non-hydrogen) atoms. The highest BCUT2D eigenvalue weighted by Crippen LogP contribution is 2.00. The van der Waals surface area contributed by atoms with Gasteiger partial charge in [0, 0.05) is 25.6 Å². The van der Waals surface area contributed by atoms with E-state index in [2.05, 4.69) is 24.0 Å². The summed E-state index contributed by atoms with van der Waals surface area (Å²) in [4.78, 5) is 3.97. The second kappa shape index (κ2) is 6.61. The minimum atomic E-state index is 0.871. The summed E-state index contributed by atoms with van der Waals surface area (Å²) in [5, 5.41) is 0. The van der Waals surface area contributed by atoms with Crippen molar-refractivity contribution in [1.82, 2.24) is 4.98 Å². The molecule has 0 saturated carbocycles. The van der Waals surface area contributed by atoms with Gasteiger partial charge in [0.15, 0.2) is 0 Å². The minimum absolute atomic E-state index is 0.871. The second-order valence-electron chi connectivity index (χ2n) is 3.07.